The van der Waals surface area contributed by atoms with E-state index in [0.717, 1.165) is 37.5 Å². The van der Waals surface area contributed by atoms with Crippen molar-refractivity contribution in [2.45, 2.75) is 96.8 Å². The minimum atomic E-state index is -0.605. The summed E-state index contributed by atoms with van der Waals surface area (Å²) in [5, 5.41) is 8.54. The first kappa shape index (κ1) is 21.2. The molecular formula is C24H38FN. The van der Waals surface area contributed by atoms with Crippen LogP contribution in [0.5, 0.6) is 0 Å². The number of halogens is 1. The van der Waals surface area contributed by atoms with Crippen molar-refractivity contribution in [3.05, 3.63) is 24.1 Å². The number of hydrogen-bond acceptors (Lipinski definition) is 1. The van der Waals surface area contributed by atoms with Gasteiger partial charge >= 0.3 is 0 Å². The molecule has 0 atom stereocenters. The Morgan fingerprint density at radius 1 is 0.846 bits per heavy atom. The Kier molecular flexibility index (Phi) is 10.0. The van der Waals surface area contributed by atoms with Crippen LogP contribution >= 0.6 is 0 Å². The quantitative estimate of drug-likeness (QED) is 0.233. The molecule has 0 saturated heterocycles. The molecule has 2 rings (SSSR count). The lowest BCUT2D eigenvalue weighted by Gasteiger charge is -2.28. The molecule has 26 heavy (non-hydrogen) atoms. The van der Waals surface area contributed by atoms with Crippen molar-refractivity contribution in [1.82, 2.24) is 0 Å². The monoisotopic (exact) mass is 359 g/mol. The standard InChI is InChI=1S/C24H38FN/c1-2-3-4-5-6-7-20-8-10-21(11-9-20)12-13-22-14-16-23(17-15-22)18-24(25)19-26/h12-13,18,20-23H,2-11,14-17H2,1H3/t20-,21-,22-,23-. The molecule has 0 aromatic carbocycles. The molecule has 2 aliphatic rings. The van der Waals surface area contributed by atoms with Gasteiger partial charge in [-0.15, -0.1) is 0 Å². The molecule has 0 spiro atoms. The van der Waals surface area contributed by atoms with E-state index in [1.54, 1.807) is 6.07 Å². The fourth-order valence-corrected chi connectivity index (χ4v) is 4.77. The number of rotatable bonds is 9. The molecule has 1 nitrogen and oxygen atoms in total. The first-order valence-corrected chi connectivity index (χ1v) is 11.2. The Morgan fingerprint density at radius 3 is 1.96 bits per heavy atom. The number of hydrogen-bond donors (Lipinski definition) is 0. The summed E-state index contributed by atoms with van der Waals surface area (Å²) >= 11 is 0. The summed E-state index contributed by atoms with van der Waals surface area (Å²) in [5.74, 6) is 2.11. The zero-order chi connectivity index (χ0) is 18.6. The second-order valence-corrected chi connectivity index (χ2v) is 8.67. The van der Waals surface area contributed by atoms with Crippen LogP contribution in [0, 0.1) is 35.0 Å². The highest BCUT2D eigenvalue weighted by Crippen LogP contribution is 2.35. The molecule has 0 heterocycles. The van der Waals surface area contributed by atoms with Gasteiger partial charge in [0.25, 0.3) is 0 Å². The summed E-state index contributed by atoms with van der Waals surface area (Å²) in [4.78, 5) is 0. The zero-order valence-electron chi connectivity index (χ0n) is 16.8. The van der Waals surface area contributed by atoms with E-state index in [-0.39, 0.29) is 5.92 Å². The van der Waals surface area contributed by atoms with Crippen molar-refractivity contribution >= 4 is 0 Å². The molecular weight excluding hydrogens is 321 g/mol. The van der Waals surface area contributed by atoms with E-state index < -0.39 is 5.83 Å². The average Bonchev–Trinajstić information content (AvgIpc) is 2.68. The highest BCUT2D eigenvalue weighted by molar-refractivity contribution is 5.13. The lowest BCUT2D eigenvalue weighted by Crippen LogP contribution is -2.14. The van der Waals surface area contributed by atoms with Crippen LogP contribution < -0.4 is 0 Å². The van der Waals surface area contributed by atoms with Gasteiger partial charge in [0.1, 0.15) is 6.07 Å². The molecule has 2 fully saturated rings. The summed E-state index contributed by atoms with van der Waals surface area (Å²) in [6.45, 7) is 2.28. The van der Waals surface area contributed by atoms with Crippen LogP contribution in [0.2, 0.25) is 0 Å². The predicted octanol–water partition coefficient (Wildman–Crippen LogP) is 7.89. The van der Waals surface area contributed by atoms with Crippen molar-refractivity contribution in [2.24, 2.45) is 23.7 Å². The van der Waals surface area contributed by atoms with E-state index in [2.05, 4.69) is 19.1 Å². The predicted molar refractivity (Wildman–Crippen MR) is 108 cm³/mol. The van der Waals surface area contributed by atoms with Crippen molar-refractivity contribution < 1.29 is 4.39 Å². The normalized spacial score (nSPS) is 30.4. The maximum atomic E-state index is 13.1. The Morgan fingerprint density at radius 2 is 1.38 bits per heavy atom. The summed E-state index contributed by atoms with van der Waals surface area (Å²) < 4.78 is 13.1. The van der Waals surface area contributed by atoms with E-state index in [9.17, 15) is 4.39 Å². The minimum Gasteiger partial charge on any atom is -0.195 e. The molecule has 146 valence electrons. The van der Waals surface area contributed by atoms with Gasteiger partial charge in [0, 0.05) is 0 Å². The van der Waals surface area contributed by atoms with Crippen LogP contribution in [0.15, 0.2) is 24.1 Å². The number of allylic oxidation sites excluding steroid dienone is 4. The van der Waals surface area contributed by atoms with Crippen LogP contribution in [0.1, 0.15) is 96.8 Å². The van der Waals surface area contributed by atoms with Crippen molar-refractivity contribution in [2.75, 3.05) is 0 Å². The Bertz CT molecular complexity index is 471. The first-order valence-electron chi connectivity index (χ1n) is 11.2. The Hall–Kier alpha value is -1.10. The molecule has 0 aromatic rings. The van der Waals surface area contributed by atoms with E-state index >= 15 is 0 Å². The van der Waals surface area contributed by atoms with Crippen LogP contribution in [-0.4, -0.2) is 0 Å². The molecule has 0 radical (unpaired) electrons. The second kappa shape index (κ2) is 12.3. The fraction of sp³-hybridized carbons (Fsp3) is 0.792. The molecule has 0 amide bonds. The van der Waals surface area contributed by atoms with Gasteiger partial charge in [-0.2, -0.15) is 9.65 Å². The minimum absolute atomic E-state index is 0.270. The lowest BCUT2D eigenvalue weighted by atomic mass is 9.78. The van der Waals surface area contributed by atoms with Crippen molar-refractivity contribution in [3.8, 4) is 6.07 Å². The van der Waals surface area contributed by atoms with E-state index in [0.29, 0.717) is 5.92 Å². The summed E-state index contributed by atoms with van der Waals surface area (Å²) in [7, 11) is 0. The Balaban J connectivity index is 1.59. The SMILES string of the molecule is CCCCCCC[C@H]1CC[C@H](C=C[C@H]2CC[C@H](C=C(F)C#N)CC2)CC1. The number of nitrogens with zero attached hydrogens (tertiary/aromatic N) is 1. The topological polar surface area (TPSA) is 23.8 Å². The third-order valence-electron chi connectivity index (χ3n) is 6.57. The molecule has 2 aliphatic carbocycles. The van der Waals surface area contributed by atoms with Crippen molar-refractivity contribution in [3.63, 3.8) is 0 Å². The average molecular weight is 360 g/mol. The molecule has 0 bridgehead atoms. The number of unbranched alkanes of at least 4 members (excludes halogenated alkanes) is 4. The van der Waals surface area contributed by atoms with Gasteiger partial charge in [0.2, 0.25) is 0 Å². The molecule has 2 heteroatoms. The lowest BCUT2D eigenvalue weighted by molar-refractivity contribution is 0.286. The van der Waals surface area contributed by atoms with Crippen LogP contribution in [0.4, 0.5) is 4.39 Å². The van der Waals surface area contributed by atoms with Crippen LogP contribution in [-0.2, 0) is 0 Å². The van der Waals surface area contributed by atoms with Gasteiger partial charge in [-0.3, -0.25) is 0 Å². The van der Waals surface area contributed by atoms with Gasteiger partial charge in [0.05, 0.1) is 0 Å². The second-order valence-electron chi connectivity index (χ2n) is 8.67. The van der Waals surface area contributed by atoms with Crippen molar-refractivity contribution in [1.29, 1.82) is 5.26 Å². The molecule has 0 aliphatic heterocycles. The number of nitriles is 1. The van der Waals surface area contributed by atoms with E-state index in [4.69, 9.17) is 5.26 Å². The smallest absolute Gasteiger partial charge is 0.195 e. The van der Waals surface area contributed by atoms with Gasteiger partial charge in [-0.05, 0) is 81.1 Å². The summed E-state index contributed by atoms with van der Waals surface area (Å²) in [6, 6.07) is 1.60. The van der Waals surface area contributed by atoms with E-state index in [1.807, 2.05) is 0 Å². The van der Waals surface area contributed by atoms with Crippen LogP contribution in [0.3, 0.4) is 0 Å². The zero-order valence-corrected chi connectivity index (χ0v) is 16.8. The molecule has 2 saturated carbocycles. The highest BCUT2D eigenvalue weighted by Gasteiger charge is 2.21. The molecule has 0 aromatic heterocycles. The summed E-state index contributed by atoms with van der Waals surface area (Å²) in [5.41, 5.74) is 0. The maximum Gasteiger partial charge on any atom is 0.196 e. The Labute approximate surface area is 160 Å². The summed E-state index contributed by atoms with van der Waals surface area (Å²) in [6.07, 6.45) is 24.9. The fourth-order valence-electron chi connectivity index (χ4n) is 4.77. The molecule has 0 N–H and O–H groups in total. The van der Waals surface area contributed by atoms with Gasteiger partial charge in [-0.1, -0.05) is 57.6 Å². The van der Waals surface area contributed by atoms with Gasteiger partial charge < -0.3 is 0 Å². The maximum absolute atomic E-state index is 13.1. The third kappa shape index (κ3) is 8.07. The highest BCUT2D eigenvalue weighted by atomic mass is 19.1. The molecule has 0 unspecified atom stereocenters. The first-order chi connectivity index (χ1) is 12.7. The largest absolute Gasteiger partial charge is 0.196 e. The van der Waals surface area contributed by atoms with Crippen LogP contribution in [0.25, 0.3) is 0 Å². The third-order valence-corrected chi connectivity index (χ3v) is 6.57. The van der Waals surface area contributed by atoms with E-state index in [1.165, 1.54) is 70.3 Å². The van der Waals surface area contributed by atoms with Gasteiger partial charge in [-0.25, -0.2) is 0 Å². The van der Waals surface area contributed by atoms with Gasteiger partial charge in [0.15, 0.2) is 5.83 Å².